The topological polar surface area (TPSA) is 84.7 Å². The largest absolute Gasteiger partial charge is 0.336 e. The second kappa shape index (κ2) is 4.10. The third-order valence-corrected chi connectivity index (χ3v) is 2.52. The van der Waals surface area contributed by atoms with Gasteiger partial charge in [-0.05, 0) is 19.1 Å². The number of hydrogen-bond donors (Lipinski definition) is 1. The molecule has 0 spiro atoms. The fraction of sp³-hybridized carbons (Fsp3) is 0.0833. The van der Waals surface area contributed by atoms with Crippen molar-refractivity contribution in [2.24, 2.45) is 0 Å². The van der Waals surface area contributed by atoms with E-state index in [1.807, 2.05) is 6.07 Å². The molecule has 2 rings (SSSR count). The molecule has 0 amide bonds. The molecule has 84 valence electrons. The maximum atomic E-state index is 11.8. The zero-order valence-electron chi connectivity index (χ0n) is 9.21. The first-order chi connectivity index (χ1) is 8.15. The van der Waals surface area contributed by atoms with Crippen LogP contribution in [-0.4, -0.2) is 9.66 Å². The number of hydrogen-bond acceptors (Lipinski definition) is 4. The second-order valence-electron chi connectivity index (χ2n) is 3.60. The van der Waals surface area contributed by atoms with E-state index in [2.05, 4.69) is 4.98 Å². The van der Waals surface area contributed by atoms with Gasteiger partial charge in [-0.2, -0.15) is 5.26 Å². The van der Waals surface area contributed by atoms with E-state index in [1.165, 1.54) is 0 Å². The molecule has 0 aliphatic heterocycles. The Kier molecular flexibility index (Phi) is 2.63. The minimum absolute atomic E-state index is 0.0334. The number of rotatable bonds is 1. The highest BCUT2D eigenvalue weighted by Crippen LogP contribution is 2.20. The SMILES string of the molecule is Cc1cc(-c2cccnc2)c(C#N)c(=O)n1N. The van der Waals surface area contributed by atoms with Crippen LogP contribution >= 0.6 is 0 Å². The minimum atomic E-state index is -0.494. The van der Waals surface area contributed by atoms with Crippen LogP contribution in [0.1, 0.15) is 11.3 Å². The molecule has 0 radical (unpaired) electrons. The van der Waals surface area contributed by atoms with Crippen molar-refractivity contribution in [2.75, 3.05) is 5.84 Å². The third-order valence-electron chi connectivity index (χ3n) is 2.52. The van der Waals surface area contributed by atoms with Crippen LogP contribution in [0.5, 0.6) is 0 Å². The average Bonchev–Trinajstić information content (AvgIpc) is 2.36. The summed E-state index contributed by atoms with van der Waals surface area (Å²) < 4.78 is 0.971. The van der Waals surface area contributed by atoms with Gasteiger partial charge in [0.25, 0.3) is 5.56 Å². The van der Waals surface area contributed by atoms with E-state index in [9.17, 15) is 4.79 Å². The molecule has 0 bridgehead atoms. The fourth-order valence-corrected chi connectivity index (χ4v) is 1.60. The number of pyridine rings is 2. The van der Waals surface area contributed by atoms with Crippen molar-refractivity contribution in [3.05, 3.63) is 52.2 Å². The average molecular weight is 226 g/mol. The van der Waals surface area contributed by atoms with Gasteiger partial charge in [0.15, 0.2) is 0 Å². The smallest absolute Gasteiger partial charge is 0.287 e. The van der Waals surface area contributed by atoms with Crippen molar-refractivity contribution in [3.63, 3.8) is 0 Å². The van der Waals surface area contributed by atoms with Crippen molar-refractivity contribution in [3.8, 4) is 17.2 Å². The Morgan fingerprint density at radius 3 is 2.88 bits per heavy atom. The van der Waals surface area contributed by atoms with Gasteiger partial charge in [0.1, 0.15) is 11.6 Å². The van der Waals surface area contributed by atoms with Crippen LogP contribution in [-0.2, 0) is 0 Å². The Hall–Kier alpha value is -2.61. The first kappa shape index (κ1) is 10.9. The van der Waals surface area contributed by atoms with E-state index >= 15 is 0 Å². The molecule has 0 saturated carbocycles. The van der Waals surface area contributed by atoms with Gasteiger partial charge in [0, 0.05) is 29.2 Å². The van der Waals surface area contributed by atoms with Crippen LogP contribution in [0.4, 0.5) is 0 Å². The first-order valence-corrected chi connectivity index (χ1v) is 4.97. The molecule has 0 unspecified atom stereocenters. The molecule has 0 saturated heterocycles. The van der Waals surface area contributed by atoms with E-state index < -0.39 is 5.56 Å². The van der Waals surface area contributed by atoms with Crippen LogP contribution in [0.25, 0.3) is 11.1 Å². The summed E-state index contributed by atoms with van der Waals surface area (Å²) in [5.41, 5.74) is 1.42. The van der Waals surface area contributed by atoms with Crippen LogP contribution in [0.15, 0.2) is 35.4 Å². The standard InChI is InChI=1S/C12H10N4O/c1-8-5-10(9-3-2-4-15-7-9)11(6-13)12(17)16(8)14/h2-5,7H,14H2,1H3. The lowest BCUT2D eigenvalue weighted by atomic mass is 10.0. The number of aryl methyl sites for hydroxylation is 1. The number of nitrogen functional groups attached to an aromatic ring is 1. The summed E-state index contributed by atoms with van der Waals surface area (Å²) in [6.07, 6.45) is 3.24. The third kappa shape index (κ3) is 1.76. The van der Waals surface area contributed by atoms with Crippen molar-refractivity contribution in [1.29, 1.82) is 5.26 Å². The molecule has 0 aromatic carbocycles. The lowest BCUT2D eigenvalue weighted by Gasteiger charge is -2.08. The summed E-state index contributed by atoms with van der Waals surface area (Å²) in [7, 11) is 0. The van der Waals surface area contributed by atoms with Gasteiger partial charge in [-0.3, -0.25) is 9.78 Å². The summed E-state index contributed by atoms with van der Waals surface area (Å²) in [4.78, 5) is 15.8. The molecule has 2 N–H and O–H groups in total. The van der Waals surface area contributed by atoms with Crippen LogP contribution < -0.4 is 11.4 Å². The van der Waals surface area contributed by atoms with Gasteiger partial charge in [-0.1, -0.05) is 6.07 Å². The molecular weight excluding hydrogens is 216 g/mol. The zero-order chi connectivity index (χ0) is 12.4. The Balaban J connectivity index is 2.81. The Morgan fingerprint density at radius 2 is 2.29 bits per heavy atom. The first-order valence-electron chi connectivity index (χ1n) is 4.97. The molecule has 5 heteroatoms. The van der Waals surface area contributed by atoms with Gasteiger partial charge >= 0.3 is 0 Å². The number of nitrogens with two attached hydrogens (primary N) is 1. The van der Waals surface area contributed by atoms with Crippen molar-refractivity contribution in [1.82, 2.24) is 9.66 Å². The van der Waals surface area contributed by atoms with E-state index in [0.717, 1.165) is 10.2 Å². The van der Waals surface area contributed by atoms with Gasteiger partial charge in [-0.15, -0.1) is 0 Å². The predicted molar refractivity (Wildman–Crippen MR) is 63.5 cm³/mol. The molecular formula is C12H10N4O. The highest BCUT2D eigenvalue weighted by molar-refractivity contribution is 5.69. The molecule has 2 aromatic rings. The minimum Gasteiger partial charge on any atom is -0.336 e. The van der Waals surface area contributed by atoms with E-state index in [0.29, 0.717) is 11.3 Å². The van der Waals surface area contributed by atoms with Crippen LogP contribution in [0, 0.1) is 18.3 Å². The van der Waals surface area contributed by atoms with E-state index in [1.54, 1.807) is 37.5 Å². The highest BCUT2D eigenvalue weighted by Gasteiger charge is 2.12. The molecule has 5 nitrogen and oxygen atoms in total. The highest BCUT2D eigenvalue weighted by atomic mass is 16.1. The van der Waals surface area contributed by atoms with E-state index in [4.69, 9.17) is 11.1 Å². The lowest BCUT2D eigenvalue weighted by molar-refractivity contribution is 0.882. The van der Waals surface area contributed by atoms with Gasteiger partial charge < -0.3 is 5.84 Å². The Morgan fingerprint density at radius 1 is 1.53 bits per heavy atom. The summed E-state index contributed by atoms with van der Waals surface area (Å²) in [5.74, 6) is 5.54. The number of aromatic nitrogens is 2. The van der Waals surface area contributed by atoms with Crippen molar-refractivity contribution < 1.29 is 0 Å². The maximum absolute atomic E-state index is 11.8. The number of nitrogens with zero attached hydrogens (tertiary/aromatic N) is 3. The van der Waals surface area contributed by atoms with E-state index in [-0.39, 0.29) is 5.56 Å². The lowest BCUT2D eigenvalue weighted by Crippen LogP contribution is -2.31. The Labute approximate surface area is 97.7 Å². The molecule has 0 atom stereocenters. The molecule has 2 heterocycles. The molecule has 0 aliphatic rings. The summed E-state index contributed by atoms with van der Waals surface area (Å²) in [6.45, 7) is 1.71. The molecule has 17 heavy (non-hydrogen) atoms. The zero-order valence-corrected chi connectivity index (χ0v) is 9.21. The monoisotopic (exact) mass is 226 g/mol. The molecule has 0 aliphatic carbocycles. The van der Waals surface area contributed by atoms with Crippen LogP contribution in [0.2, 0.25) is 0 Å². The molecule has 2 aromatic heterocycles. The van der Waals surface area contributed by atoms with Crippen molar-refractivity contribution in [2.45, 2.75) is 6.92 Å². The fourth-order valence-electron chi connectivity index (χ4n) is 1.60. The van der Waals surface area contributed by atoms with Gasteiger partial charge in [0.2, 0.25) is 0 Å². The van der Waals surface area contributed by atoms with Gasteiger partial charge in [-0.25, -0.2) is 4.68 Å². The van der Waals surface area contributed by atoms with Gasteiger partial charge in [0.05, 0.1) is 0 Å². The quantitative estimate of drug-likeness (QED) is 0.729. The normalized spacial score (nSPS) is 9.88. The predicted octanol–water partition coefficient (Wildman–Crippen LogP) is 0.804. The summed E-state index contributed by atoms with van der Waals surface area (Å²) in [6, 6.07) is 7.14. The van der Waals surface area contributed by atoms with Crippen molar-refractivity contribution >= 4 is 0 Å². The number of nitriles is 1. The molecule has 0 fully saturated rings. The summed E-state index contributed by atoms with van der Waals surface area (Å²) >= 11 is 0. The Bertz CT molecular complexity index is 653. The summed E-state index contributed by atoms with van der Waals surface area (Å²) in [5, 5.41) is 9.04. The van der Waals surface area contributed by atoms with Crippen LogP contribution in [0.3, 0.4) is 0 Å². The maximum Gasteiger partial charge on any atom is 0.287 e. The second-order valence-corrected chi connectivity index (χ2v) is 3.60.